The van der Waals surface area contributed by atoms with Crippen LogP contribution in [0.25, 0.3) is 0 Å². The number of thioether (sulfide) groups is 1. The zero-order valence-corrected chi connectivity index (χ0v) is 9.01. The summed E-state index contributed by atoms with van der Waals surface area (Å²) in [6.07, 6.45) is 1.17. The van der Waals surface area contributed by atoms with Gasteiger partial charge in [0.05, 0.1) is 10.2 Å². The number of hydrogen-bond donors (Lipinski definition) is 2. The molecule has 1 fully saturated rings. The van der Waals surface area contributed by atoms with Crippen molar-refractivity contribution in [2.24, 2.45) is 11.7 Å². The molecule has 0 aromatic heterocycles. The molecule has 1 aliphatic heterocycles. The predicted octanol–water partition coefficient (Wildman–Crippen LogP) is 1.00. The van der Waals surface area contributed by atoms with E-state index in [0.717, 1.165) is 23.0 Å². The SMILES string of the molecule is CCSC(=S)C(N)C1CCNC1. The Labute approximate surface area is 83.7 Å². The van der Waals surface area contributed by atoms with E-state index < -0.39 is 0 Å². The molecule has 2 atom stereocenters. The Balaban J connectivity index is 2.34. The lowest BCUT2D eigenvalue weighted by molar-refractivity contribution is 0.546. The summed E-state index contributed by atoms with van der Waals surface area (Å²) in [6, 6.07) is 0.111. The molecule has 2 nitrogen and oxygen atoms in total. The molecule has 0 saturated carbocycles. The van der Waals surface area contributed by atoms with Crippen LogP contribution in [0.3, 0.4) is 0 Å². The minimum absolute atomic E-state index is 0.111. The van der Waals surface area contributed by atoms with Gasteiger partial charge >= 0.3 is 0 Å². The van der Waals surface area contributed by atoms with Crippen molar-refractivity contribution in [3.8, 4) is 0 Å². The van der Waals surface area contributed by atoms with Crippen molar-refractivity contribution in [1.29, 1.82) is 0 Å². The van der Waals surface area contributed by atoms with Gasteiger partial charge in [-0.1, -0.05) is 19.1 Å². The van der Waals surface area contributed by atoms with Crippen LogP contribution in [0.4, 0.5) is 0 Å². The summed E-state index contributed by atoms with van der Waals surface area (Å²) in [4.78, 5) is 0. The van der Waals surface area contributed by atoms with E-state index in [1.54, 1.807) is 11.8 Å². The molecular formula is C8H16N2S2. The average Bonchev–Trinajstić information content (AvgIpc) is 2.55. The maximum Gasteiger partial charge on any atom is 0.0649 e. The third-order valence-electron chi connectivity index (χ3n) is 2.17. The number of thiocarbonyl (C=S) groups is 1. The Morgan fingerprint density at radius 1 is 1.83 bits per heavy atom. The average molecular weight is 204 g/mol. The Hall–Kier alpha value is 0.360. The summed E-state index contributed by atoms with van der Waals surface area (Å²) in [5.41, 5.74) is 6.01. The second kappa shape index (κ2) is 5.17. The molecule has 0 aromatic rings. The summed E-state index contributed by atoms with van der Waals surface area (Å²) in [5, 5.41) is 3.30. The Kier molecular flexibility index (Phi) is 4.50. The fourth-order valence-electron chi connectivity index (χ4n) is 1.41. The van der Waals surface area contributed by atoms with Gasteiger partial charge in [-0.25, -0.2) is 0 Å². The van der Waals surface area contributed by atoms with Crippen LogP contribution < -0.4 is 11.1 Å². The Bertz CT molecular complexity index is 155. The van der Waals surface area contributed by atoms with Gasteiger partial charge in [0.2, 0.25) is 0 Å². The largest absolute Gasteiger partial charge is 0.323 e. The molecule has 4 heteroatoms. The van der Waals surface area contributed by atoms with E-state index >= 15 is 0 Å². The molecule has 2 unspecified atom stereocenters. The summed E-state index contributed by atoms with van der Waals surface area (Å²) in [6.45, 7) is 4.24. The zero-order chi connectivity index (χ0) is 8.97. The molecule has 70 valence electrons. The summed E-state index contributed by atoms with van der Waals surface area (Å²) >= 11 is 6.93. The summed E-state index contributed by atoms with van der Waals surface area (Å²) in [7, 11) is 0. The summed E-state index contributed by atoms with van der Waals surface area (Å²) in [5.74, 6) is 1.60. The van der Waals surface area contributed by atoms with E-state index in [1.807, 2.05) is 0 Å². The first-order valence-electron chi connectivity index (χ1n) is 4.38. The fourth-order valence-corrected chi connectivity index (χ4v) is 2.63. The van der Waals surface area contributed by atoms with Crippen molar-refractivity contribution in [1.82, 2.24) is 5.32 Å². The van der Waals surface area contributed by atoms with E-state index in [4.69, 9.17) is 18.0 Å². The van der Waals surface area contributed by atoms with Crippen molar-refractivity contribution >= 4 is 28.2 Å². The summed E-state index contributed by atoms with van der Waals surface area (Å²) < 4.78 is 0.978. The standard InChI is InChI=1S/C8H16N2S2/c1-2-12-8(11)7(9)6-3-4-10-5-6/h6-7,10H,2-5,9H2,1H3. The van der Waals surface area contributed by atoms with E-state index in [2.05, 4.69) is 12.2 Å². The molecule has 0 radical (unpaired) electrons. The molecule has 0 spiro atoms. The molecule has 1 saturated heterocycles. The van der Waals surface area contributed by atoms with E-state index in [1.165, 1.54) is 6.42 Å². The Morgan fingerprint density at radius 3 is 3.08 bits per heavy atom. The van der Waals surface area contributed by atoms with Gasteiger partial charge < -0.3 is 11.1 Å². The van der Waals surface area contributed by atoms with Crippen molar-refractivity contribution in [2.45, 2.75) is 19.4 Å². The van der Waals surface area contributed by atoms with Crippen LogP contribution in [0.1, 0.15) is 13.3 Å². The molecule has 0 amide bonds. The molecule has 3 N–H and O–H groups in total. The van der Waals surface area contributed by atoms with Crippen LogP contribution in [0.15, 0.2) is 0 Å². The van der Waals surface area contributed by atoms with Gasteiger partial charge in [0, 0.05) is 0 Å². The van der Waals surface area contributed by atoms with Crippen molar-refractivity contribution in [2.75, 3.05) is 18.8 Å². The van der Waals surface area contributed by atoms with Gasteiger partial charge in [0.15, 0.2) is 0 Å². The monoisotopic (exact) mass is 204 g/mol. The van der Waals surface area contributed by atoms with Gasteiger partial charge in [-0.15, -0.1) is 11.8 Å². The maximum atomic E-state index is 6.01. The lowest BCUT2D eigenvalue weighted by Crippen LogP contribution is -2.36. The Morgan fingerprint density at radius 2 is 2.58 bits per heavy atom. The highest BCUT2D eigenvalue weighted by atomic mass is 32.2. The highest BCUT2D eigenvalue weighted by Gasteiger charge is 2.24. The van der Waals surface area contributed by atoms with E-state index in [-0.39, 0.29) is 6.04 Å². The van der Waals surface area contributed by atoms with E-state index in [0.29, 0.717) is 5.92 Å². The quantitative estimate of drug-likeness (QED) is 0.673. The third kappa shape index (κ3) is 2.69. The molecule has 1 aliphatic rings. The van der Waals surface area contributed by atoms with Crippen LogP contribution >= 0.6 is 24.0 Å². The molecule has 0 aliphatic carbocycles. The molecule has 1 heterocycles. The van der Waals surface area contributed by atoms with E-state index in [9.17, 15) is 0 Å². The number of hydrogen-bond acceptors (Lipinski definition) is 4. The van der Waals surface area contributed by atoms with Gasteiger partial charge in [0.25, 0.3) is 0 Å². The van der Waals surface area contributed by atoms with Crippen molar-refractivity contribution in [3.05, 3.63) is 0 Å². The van der Waals surface area contributed by atoms with Gasteiger partial charge in [-0.2, -0.15) is 0 Å². The molecular weight excluding hydrogens is 188 g/mol. The normalized spacial score (nSPS) is 25.7. The molecule has 1 rings (SSSR count). The van der Waals surface area contributed by atoms with Crippen molar-refractivity contribution < 1.29 is 0 Å². The highest BCUT2D eigenvalue weighted by molar-refractivity contribution is 8.23. The van der Waals surface area contributed by atoms with Crippen LogP contribution in [-0.4, -0.2) is 29.1 Å². The number of rotatable bonds is 3. The minimum Gasteiger partial charge on any atom is -0.323 e. The lowest BCUT2D eigenvalue weighted by atomic mass is 10.0. The molecule has 12 heavy (non-hydrogen) atoms. The maximum absolute atomic E-state index is 6.01. The minimum atomic E-state index is 0.111. The van der Waals surface area contributed by atoms with Crippen LogP contribution in [0.2, 0.25) is 0 Å². The third-order valence-corrected chi connectivity index (χ3v) is 3.64. The smallest absolute Gasteiger partial charge is 0.0649 e. The van der Waals surface area contributed by atoms with Crippen molar-refractivity contribution in [3.63, 3.8) is 0 Å². The van der Waals surface area contributed by atoms with Gasteiger partial charge in [0.1, 0.15) is 0 Å². The van der Waals surface area contributed by atoms with Gasteiger partial charge in [-0.3, -0.25) is 0 Å². The van der Waals surface area contributed by atoms with Crippen LogP contribution in [0, 0.1) is 5.92 Å². The second-order valence-electron chi connectivity index (χ2n) is 3.03. The number of nitrogens with two attached hydrogens (primary N) is 1. The van der Waals surface area contributed by atoms with Crippen LogP contribution in [-0.2, 0) is 0 Å². The first kappa shape index (κ1) is 10.4. The topological polar surface area (TPSA) is 38.0 Å². The van der Waals surface area contributed by atoms with Gasteiger partial charge in [-0.05, 0) is 31.2 Å². The first-order chi connectivity index (χ1) is 5.75. The zero-order valence-electron chi connectivity index (χ0n) is 7.38. The predicted molar refractivity (Wildman–Crippen MR) is 59.7 cm³/mol. The van der Waals surface area contributed by atoms with Crippen LogP contribution in [0.5, 0.6) is 0 Å². The fraction of sp³-hybridized carbons (Fsp3) is 0.875. The molecule has 0 bridgehead atoms. The highest BCUT2D eigenvalue weighted by Crippen LogP contribution is 2.17. The second-order valence-corrected chi connectivity index (χ2v) is 5.03. The first-order valence-corrected chi connectivity index (χ1v) is 5.78. The lowest BCUT2D eigenvalue weighted by Gasteiger charge is -2.18. The molecule has 0 aromatic carbocycles. The number of nitrogens with one attached hydrogen (secondary N) is 1.